The van der Waals surface area contributed by atoms with Crippen LogP contribution in [0.15, 0.2) is 0 Å². The second kappa shape index (κ2) is 10.3. The van der Waals surface area contributed by atoms with Gasteiger partial charge in [0.15, 0.2) is 0 Å². The second-order valence-corrected chi connectivity index (χ2v) is 9.07. The molecule has 0 radical (unpaired) electrons. The van der Waals surface area contributed by atoms with Crippen LogP contribution in [-0.4, -0.2) is 94.3 Å². The van der Waals surface area contributed by atoms with Crippen LogP contribution in [0.1, 0.15) is 6.42 Å². The SMILES string of the molecule is CN1CCN(C(=S)SCCCSC(=S)N2CCNCC2)CC1. The molecule has 0 spiro atoms. The predicted molar refractivity (Wildman–Crippen MR) is 108 cm³/mol. The fraction of sp³-hybridized carbons (Fsp3) is 0.857. The Labute approximate surface area is 153 Å². The van der Waals surface area contributed by atoms with Gasteiger partial charge in [-0.15, -0.1) is 0 Å². The van der Waals surface area contributed by atoms with Crippen LogP contribution in [-0.2, 0) is 0 Å². The summed E-state index contributed by atoms with van der Waals surface area (Å²) in [6, 6.07) is 0. The lowest BCUT2D eigenvalue weighted by molar-refractivity contribution is 0.220. The Balaban J connectivity index is 1.51. The van der Waals surface area contributed by atoms with Crippen molar-refractivity contribution in [2.45, 2.75) is 6.42 Å². The first-order valence-corrected chi connectivity index (χ1v) is 10.7. The minimum atomic E-state index is 1.05. The lowest BCUT2D eigenvalue weighted by Gasteiger charge is -2.33. The van der Waals surface area contributed by atoms with E-state index in [2.05, 4.69) is 27.1 Å². The van der Waals surface area contributed by atoms with Gasteiger partial charge in [-0.25, -0.2) is 0 Å². The first-order chi connectivity index (χ1) is 10.7. The van der Waals surface area contributed by atoms with Crippen molar-refractivity contribution in [3.63, 3.8) is 0 Å². The molecule has 2 rings (SSSR count). The van der Waals surface area contributed by atoms with Crippen molar-refractivity contribution in [2.24, 2.45) is 0 Å². The van der Waals surface area contributed by atoms with Gasteiger partial charge in [-0.3, -0.25) is 0 Å². The first kappa shape index (κ1) is 18.7. The van der Waals surface area contributed by atoms with Gasteiger partial charge in [0.1, 0.15) is 8.64 Å². The number of thioether (sulfide) groups is 2. The van der Waals surface area contributed by atoms with Crippen molar-refractivity contribution in [1.29, 1.82) is 0 Å². The standard InChI is InChI=1S/C14H26N4S4/c1-16-7-9-18(10-8-16)14(20)22-12-2-11-21-13(19)17-5-3-15-4-6-17/h15H,2-12H2,1H3. The molecule has 2 aliphatic rings. The molecule has 0 atom stereocenters. The highest BCUT2D eigenvalue weighted by Crippen LogP contribution is 2.16. The van der Waals surface area contributed by atoms with Gasteiger partial charge in [-0.1, -0.05) is 48.0 Å². The van der Waals surface area contributed by atoms with E-state index in [9.17, 15) is 0 Å². The van der Waals surface area contributed by atoms with Crippen LogP contribution in [0.5, 0.6) is 0 Å². The van der Waals surface area contributed by atoms with Crippen LogP contribution < -0.4 is 5.32 Å². The van der Waals surface area contributed by atoms with E-state index >= 15 is 0 Å². The summed E-state index contributed by atoms with van der Waals surface area (Å²) in [7, 11) is 2.17. The molecule has 4 nitrogen and oxygen atoms in total. The number of piperazine rings is 2. The van der Waals surface area contributed by atoms with Crippen molar-refractivity contribution in [3.05, 3.63) is 0 Å². The van der Waals surface area contributed by atoms with Crippen LogP contribution in [0.2, 0.25) is 0 Å². The molecule has 0 aromatic carbocycles. The average Bonchev–Trinajstić information content (AvgIpc) is 2.55. The third-order valence-electron chi connectivity index (χ3n) is 3.88. The third-order valence-corrected chi connectivity index (χ3v) is 7.10. The number of hydrogen-bond acceptors (Lipinski definition) is 6. The summed E-state index contributed by atoms with van der Waals surface area (Å²) >= 11 is 14.7. The molecule has 22 heavy (non-hydrogen) atoms. The maximum Gasteiger partial charge on any atom is 0.136 e. The molecule has 0 bridgehead atoms. The largest absolute Gasteiger partial charge is 0.355 e. The van der Waals surface area contributed by atoms with E-state index in [1.54, 1.807) is 0 Å². The van der Waals surface area contributed by atoms with E-state index in [1.807, 2.05) is 23.5 Å². The Kier molecular flexibility index (Phi) is 8.77. The van der Waals surface area contributed by atoms with Gasteiger partial charge in [0, 0.05) is 63.9 Å². The van der Waals surface area contributed by atoms with Gasteiger partial charge < -0.3 is 20.0 Å². The average molecular weight is 379 g/mol. The summed E-state index contributed by atoms with van der Waals surface area (Å²) in [5.41, 5.74) is 0. The molecule has 2 saturated heterocycles. The van der Waals surface area contributed by atoms with Gasteiger partial charge in [-0.05, 0) is 13.5 Å². The molecule has 2 heterocycles. The molecule has 2 fully saturated rings. The normalized spacial score (nSPS) is 20.2. The van der Waals surface area contributed by atoms with Crippen molar-refractivity contribution >= 4 is 56.6 Å². The van der Waals surface area contributed by atoms with Gasteiger partial charge in [-0.2, -0.15) is 0 Å². The van der Waals surface area contributed by atoms with Crippen molar-refractivity contribution in [1.82, 2.24) is 20.0 Å². The number of thiocarbonyl (C=S) groups is 2. The summed E-state index contributed by atoms with van der Waals surface area (Å²) < 4.78 is 2.14. The Morgan fingerprint density at radius 2 is 1.36 bits per heavy atom. The fourth-order valence-electron chi connectivity index (χ4n) is 2.40. The van der Waals surface area contributed by atoms with Gasteiger partial charge in [0.2, 0.25) is 0 Å². The van der Waals surface area contributed by atoms with E-state index in [1.165, 1.54) is 0 Å². The Morgan fingerprint density at radius 3 is 1.91 bits per heavy atom. The fourth-order valence-corrected chi connectivity index (χ4v) is 5.10. The molecule has 0 aromatic heterocycles. The van der Waals surface area contributed by atoms with Crippen LogP contribution in [0, 0.1) is 0 Å². The second-order valence-electron chi connectivity index (χ2n) is 5.61. The lowest BCUT2D eigenvalue weighted by Crippen LogP contribution is -2.45. The van der Waals surface area contributed by atoms with E-state index in [4.69, 9.17) is 24.4 Å². The zero-order valence-electron chi connectivity index (χ0n) is 13.3. The minimum Gasteiger partial charge on any atom is -0.355 e. The van der Waals surface area contributed by atoms with E-state index in [-0.39, 0.29) is 0 Å². The molecule has 0 saturated carbocycles. The number of likely N-dealkylation sites (N-methyl/N-ethyl adjacent to an activating group) is 1. The lowest BCUT2D eigenvalue weighted by atomic mass is 10.4. The molecular formula is C14H26N4S4. The summed E-state index contributed by atoms with van der Waals surface area (Å²) in [6.45, 7) is 8.59. The summed E-state index contributed by atoms with van der Waals surface area (Å²) in [6.07, 6.45) is 1.16. The Bertz CT molecular complexity index is 366. The quantitative estimate of drug-likeness (QED) is 0.581. The monoisotopic (exact) mass is 378 g/mol. The highest BCUT2D eigenvalue weighted by Gasteiger charge is 2.16. The zero-order chi connectivity index (χ0) is 15.8. The number of rotatable bonds is 4. The van der Waals surface area contributed by atoms with Crippen molar-refractivity contribution in [3.8, 4) is 0 Å². The van der Waals surface area contributed by atoms with Gasteiger partial charge in [0.25, 0.3) is 0 Å². The third kappa shape index (κ3) is 6.49. The van der Waals surface area contributed by atoms with Crippen LogP contribution in [0.3, 0.4) is 0 Å². The molecule has 0 unspecified atom stereocenters. The van der Waals surface area contributed by atoms with Crippen molar-refractivity contribution < 1.29 is 0 Å². The van der Waals surface area contributed by atoms with Gasteiger partial charge in [0.05, 0.1) is 0 Å². The number of hydrogen-bond donors (Lipinski definition) is 1. The highest BCUT2D eigenvalue weighted by molar-refractivity contribution is 8.23. The van der Waals surface area contributed by atoms with E-state index < -0.39 is 0 Å². The molecular weight excluding hydrogens is 352 g/mol. The Hall–Kier alpha value is 0.400. The maximum absolute atomic E-state index is 5.54. The molecule has 0 aromatic rings. The summed E-state index contributed by atoms with van der Waals surface area (Å²) in [4.78, 5) is 7.02. The van der Waals surface area contributed by atoms with Crippen LogP contribution in [0.25, 0.3) is 0 Å². The number of nitrogens with zero attached hydrogens (tertiary/aromatic N) is 3. The predicted octanol–water partition coefficient (Wildman–Crippen LogP) is 1.57. The molecule has 0 amide bonds. The van der Waals surface area contributed by atoms with Gasteiger partial charge >= 0.3 is 0 Å². The maximum atomic E-state index is 5.54. The highest BCUT2D eigenvalue weighted by atomic mass is 32.2. The van der Waals surface area contributed by atoms with E-state index in [0.29, 0.717) is 0 Å². The number of nitrogens with one attached hydrogen (secondary N) is 1. The topological polar surface area (TPSA) is 21.8 Å². The summed E-state index contributed by atoms with van der Waals surface area (Å²) in [5, 5.41) is 3.36. The summed E-state index contributed by atoms with van der Waals surface area (Å²) in [5.74, 6) is 2.20. The minimum absolute atomic E-state index is 1.05. The zero-order valence-corrected chi connectivity index (χ0v) is 16.5. The molecule has 126 valence electrons. The molecule has 0 aliphatic carbocycles. The van der Waals surface area contributed by atoms with Crippen LogP contribution in [0.4, 0.5) is 0 Å². The smallest absolute Gasteiger partial charge is 0.136 e. The molecule has 2 aliphatic heterocycles. The Morgan fingerprint density at radius 1 is 0.864 bits per heavy atom. The molecule has 8 heteroatoms. The van der Waals surface area contributed by atoms with Crippen LogP contribution >= 0.6 is 48.0 Å². The van der Waals surface area contributed by atoms with Crippen molar-refractivity contribution in [2.75, 3.05) is 70.9 Å². The van der Waals surface area contributed by atoms with E-state index in [0.717, 1.165) is 78.9 Å². The molecule has 1 N–H and O–H groups in total. The first-order valence-electron chi connectivity index (χ1n) is 7.89.